The summed E-state index contributed by atoms with van der Waals surface area (Å²) >= 11 is 0. The van der Waals surface area contributed by atoms with E-state index in [4.69, 9.17) is 9.97 Å². The lowest BCUT2D eigenvalue weighted by atomic mass is 9.73. The third-order valence-electron chi connectivity index (χ3n) is 7.26. The second-order valence-corrected chi connectivity index (χ2v) is 17.4. The maximum absolute atomic E-state index is 12.7. The fraction of sp³-hybridized carbons (Fsp3) is 0.519. The lowest BCUT2D eigenvalue weighted by Crippen LogP contribution is -2.53. The number of anilines is 2. The monoisotopic (exact) mass is 521 g/mol. The Bertz CT molecular complexity index is 1270. The Kier molecular flexibility index (Phi) is 6.79. The minimum Gasteiger partial charge on any atom is -0.391 e. The zero-order valence-corrected chi connectivity index (χ0v) is 23.4. The quantitative estimate of drug-likeness (QED) is 0.457. The van der Waals surface area contributed by atoms with E-state index in [1.54, 1.807) is 0 Å². The standard InChI is InChI=1S/C27H35N5O2SSi/c1-19(33)27(12-5-13-27)31-25-24-23(10-16-35(24)34)29-26(30-25)32-14-8-21(9-15-32)22-7-6-20(18-28-22)11-17-36(2,3)4/h6-8,18-19,33H,5,9-10,12-16H2,1-4H3,(H,29,30,31). The maximum atomic E-state index is 12.7. The summed E-state index contributed by atoms with van der Waals surface area (Å²) in [6.07, 6.45) is 7.95. The van der Waals surface area contributed by atoms with E-state index in [0.717, 1.165) is 54.1 Å². The van der Waals surface area contributed by atoms with Crippen LogP contribution in [0, 0.1) is 11.5 Å². The molecule has 2 aromatic heterocycles. The first kappa shape index (κ1) is 25.1. The van der Waals surface area contributed by atoms with E-state index >= 15 is 0 Å². The molecule has 9 heteroatoms. The normalized spacial score (nSPS) is 21.5. The highest BCUT2D eigenvalue weighted by atomic mass is 32.2. The van der Waals surface area contributed by atoms with Crippen LogP contribution in [-0.4, -0.2) is 62.8 Å². The van der Waals surface area contributed by atoms with Crippen molar-refractivity contribution < 1.29 is 9.32 Å². The van der Waals surface area contributed by atoms with Gasteiger partial charge in [0, 0.05) is 37.0 Å². The summed E-state index contributed by atoms with van der Waals surface area (Å²) < 4.78 is 12.7. The second-order valence-electron chi connectivity index (χ2n) is 11.1. The van der Waals surface area contributed by atoms with E-state index in [0.29, 0.717) is 30.5 Å². The summed E-state index contributed by atoms with van der Waals surface area (Å²) in [4.78, 5) is 17.2. The number of aliphatic hydroxyl groups excluding tert-OH is 1. The van der Waals surface area contributed by atoms with Gasteiger partial charge in [-0.1, -0.05) is 31.6 Å². The topological polar surface area (TPSA) is 91.2 Å². The van der Waals surface area contributed by atoms with E-state index in [-0.39, 0.29) is 0 Å². The van der Waals surface area contributed by atoms with Gasteiger partial charge in [-0.05, 0) is 50.3 Å². The van der Waals surface area contributed by atoms with Gasteiger partial charge in [-0.2, -0.15) is 4.98 Å². The number of hydrogen-bond acceptors (Lipinski definition) is 7. The predicted octanol–water partition coefficient (Wildman–Crippen LogP) is 3.77. The van der Waals surface area contributed by atoms with Crippen LogP contribution in [-0.2, 0) is 17.2 Å². The number of aryl methyl sites for hydroxylation is 1. The molecule has 190 valence electrons. The molecule has 2 N–H and O–H groups in total. The van der Waals surface area contributed by atoms with Gasteiger partial charge in [-0.3, -0.25) is 9.19 Å². The summed E-state index contributed by atoms with van der Waals surface area (Å²) in [5.41, 5.74) is 7.04. The van der Waals surface area contributed by atoms with Crippen LogP contribution >= 0.6 is 0 Å². The number of aliphatic hydroxyl groups is 1. The Morgan fingerprint density at radius 2 is 2.03 bits per heavy atom. The van der Waals surface area contributed by atoms with Crippen LogP contribution in [0.2, 0.25) is 19.6 Å². The number of nitrogens with zero attached hydrogens (tertiary/aromatic N) is 4. The third-order valence-corrected chi connectivity index (χ3v) is 9.59. The average Bonchev–Trinajstić information content (AvgIpc) is 3.20. The molecule has 0 aromatic carbocycles. The van der Waals surface area contributed by atoms with Gasteiger partial charge in [0.05, 0.1) is 33.8 Å². The molecule has 2 unspecified atom stereocenters. The number of hydrogen-bond donors (Lipinski definition) is 2. The Hall–Kier alpha value is -2.54. The molecule has 36 heavy (non-hydrogen) atoms. The van der Waals surface area contributed by atoms with Gasteiger partial charge in [0.25, 0.3) is 0 Å². The molecule has 1 fully saturated rings. The molecular weight excluding hydrogens is 486 g/mol. The van der Waals surface area contributed by atoms with Crippen LogP contribution in [0.25, 0.3) is 5.57 Å². The first-order valence-electron chi connectivity index (χ1n) is 12.8. The number of rotatable bonds is 5. The molecule has 1 saturated carbocycles. The van der Waals surface area contributed by atoms with Gasteiger partial charge in [-0.25, -0.2) is 4.98 Å². The van der Waals surface area contributed by atoms with Crippen molar-refractivity contribution >= 4 is 36.2 Å². The molecule has 0 radical (unpaired) electrons. The lowest BCUT2D eigenvalue weighted by Gasteiger charge is -2.45. The molecule has 0 saturated heterocycles. The summed E-state index contributed by atoms with van der Waals surface area (Å²) in [6, 6.07) is 4.12. The molecule has 2 atom stereocenters. The van der Waals surface area contributed by atoms with Crippen LogP contribution in [0.1, 0.15) is 49.6 Å². The van der Waals surface area contributed by atoms with Gasteiger partial charge in [0.2, 0.25) is 5.95 Å². The zero-order valence-electron chi connectivity index (χ0n) is 21.6. The number of aromatic nitrogens is 3. The summed E-state index contributed by atoms with van der Waals surface area (Å²) in [5, 5.41) is 13.9. The van der Waals surface area contributed by atoms with Gasteiger partial charge >= 0.3 is 0 Å². The van der Waals surface area contributed by atoms with Crippen LogP contribution in [0.15, 0.2) is 29.3 Å². The number of nitrogens with one attached hydrogen (secondary N) is 1. The van der Waals surface area contributed by atoms with E-state index in [1.165, 1.54) is 5.57 Å². The smallest absolute Gasteiger partial charge is 0.227 e. The van der Waals surface area contributed by atoms with Gasteiger partial charge < -0.3 is 15.3 Å². The van der Waals surface area contributed by atoms with E-state index in [2.05, 4.69) is 64.5 Å². The summed E-state index contributed by atoms with van der Waals surface area (Å²) in [5.74, 6) is 5.15. The minimum absolute atomic E-state index is 0.390. The Morgan fingerprint density at radius 1 is 1.22 bits per heavy atom. The molecule has 4 heterocycles. The number of fused-ring (bicyclic) bond motifs is 1. The second kappa shape index (κ2) is 9.73. The highest BCUT2D eigenvalue weighted by molar-refractivity contribution is 7.85. The van der Waals surface area contributed by atoms with E-state index < -0.39 is 30.5 Å². The van der Waals surface area contributed by atoms with Crippen molar-refractivity contribution in [1.82, 2.24) is 15.0 Å². The zero-order chi connectivity index (χ0) is 25.5. The SMILES string of the molecule is CC(O)C1(Nc2nc(N3CC=C(c4ccc(C#C[Si](C)(C)C)cn4)CC3)nc3c2S(=O)CC3)CCC1. The van der Waals surface area contributed by atoms with E-state index in [1.807, 2.05) is 13.1 Å². The Morgan fingerprint density at radius 3 is 2.61 bits per heavy atom. The van der Waals surface area contributed by atoms with Crippen LogP contribution in [0.3, 0.4) is 0 Å². The molecule has 0 amide bonds. The van der Waals surface area contributed by atoms with Crippen molar-refractivity contribution in [3.05, 3.63) is 41.4 Å². The third kappa shape index (κ3) is 5.12. The van der Waals surface area contributed by atoms with Crippen molar-refractivity contribution in [2.75, 3.05) is 29.1 Å². The van der Waals surface area contributed by atoms with Crippen LogP contribution in [0.5, 0.6) is 0 Å². The maximum Gasteiger partial charge on any atom is 0.227 e. The first-order valence-corrected chi connectivity index (χ1v) is 17.6. The molecule has 0 bridgehead atoms. The molecule has 7 nitrogen and oxygen atoms in total. The average molecular weight is 522 g/mol. The van der Waals surface area contributed by atoms with Crippen LogP contribution in [0.4, 0.5) is 11.8 Å². The minimum atomic E-state index is -1.41. The Labute approximate surface area is 217 Å². The van der Waals surface area contributed by atoms with Gasteiger partial charge in [-0.15, -0.1) is 5.54 Å². The van der Waals surface area contributed by atoms with Crippen molar-refractivity contribution in [2.24, 2.45) is 0 Å². The number of pyridine rings is 1. The largest absolute Gasteiger partial charge is 0.391 e. The first-order chi connectivity index (χ1) is 17.1. The molecular formula is C27H35N5O2SSi. The Balaban J connectivity index is 1.35. The van der Waals surface area contributed by atoms with Crippen molar-refractivity contribution in [3.8, 4) is 11.5 Å². The molecule has 5 rings (SSSR count). The van der Waals surface area contributed by atoms with Crippen molar-refractivity contribution in [1.29, 1.82) is 0 Å². The fourth-order valence-corrected chi connectivity index (χ4v) is 6.68. The molecule has 2 aromatic rings. The summed E-state index contributed by atoms with van der Waals surface area (Å²) in [6.45, 7) is 10.0. The van der Waals surface area contributed by atoms with Gasteiger partial charge in [0.15, 0.2) is 0 Å². The molecule has 3 aliphatic rings. The van der Waals surface area contributed by atoms with Crippen molar-refractivity contribution in [2.45, 2.75) is 75.2 Å². The highest BCUT2D eigenvalue weighted by Gasteiger charge is 2.43. The highest BCUT2D eigenvalue weighted by Crippen LogP contribution is 2.40. The molecule has 2 aliphatic heterocycles. The molecule has 1 aliphatic carbocycles. The van der Waals surface area contributed by atoms with E-state index in [9.17, 15) is 9.32 Å². The fourth-order valence-electron chi connectivity index (χ4n) is 4.85. The molecule has 0 spiro atoms. The summed E-state index contributed by atoms with van der Waals surface area (Å²) in [7, 11) is -2.51. The van der Waals surface area contributed by atoms with Crippen LogP contribution < -0.4 is 10.2 Å². The van der Waals surface area contributed by atoms with Crippen molar-refractivity contribution in [3.63, 3.8) is 0 Å². The predicted molar refractivity (Wildman–Crippen MR) is 148 cm³/mol. The van der Waals surface area contributed by atoms with Gasteiger partial charge in [0.1, 0.15) is 18.8 Å². The lowest BCUT2D eigenvalue weighted by molar-refractivity contribution is 0.0631.